The largest absolute Gasteiger partial charge is 0.354 e. The van der Waals surface area contributed by atoms with E-state index in [1.807, 2.05) is 0 Å². The molecule has 9 atom stereocenters. The van der Waals surface area contributed by atoms with Crippen LogP contribution in [0.25, 0.3) is 0 Å². The first-order chi connectivity index (χ1) is 20.1. The topological polar surface area (TPSA) is 73.6 Å². The van der Waals surface area contributed by atoms with Gasteiger partial charge < -0.3 is 21.3 Å². The molecule has 1 aliphatic heterocycles. The number of nitrogens with two attached hydrogens (primary N) is 1. The van der Waals surface area contributed by atoms with Crippen LogP contribution in [0.2, 0.25) is 0 Å². The summed E-state index contributed by atoms with van der Waals surface area (Å²) in [5, 5.41) is 7.14. The van der Waals surface area contributed by atoms with E-state index in [1.165, 1.54) is 97.1 Å². The second-order valence-electron chi connectivity index (χ2n) is 16.4. The van der Waals surface area contributed by atoms with Crippen molar-refractivity contribution in [2.75, 3.05) is 52.4 Å². The van der Waals surface area contributed by atoms with Gasteiger partial charge in [0.05, 0.1) is 0 Å². The molecule has 1 amide bonds. The lowest BCUT2D eigenvalue weighted by Gasteiger charge is -2.61. The minimum absolute atomic E-state index is 0.244. The fourth-order valence-electron chi connectivity index (χ4n) is 11.4. The maximum atomic E-state index is 12.4. The standard InChI is InChI=1S/C36H67N5O/c1-26(2)39-34(42)12-7-27(3)31-10-11-32-30-9-8-28-25-29(13-15-35(28,4)33(30)14-16-36(31,32)5)38-18-20-41-23-21-40(22-24-41)19-6-17-37/h26-33,38H,6-25,37H2,1-5H3,(H,39,42)/t27-,28?,29+,30?,31-,32?,33?,35+,36-/m1/s1. The fourth-order valence-corrected chi connectivity index (χ4v) is 11.4. The Kier molecular flexibility index (Phi) is 11.0. The zero-order valence-electron chi connectivity index (χ0n) is 28.1. The third-order valence-electron chi connectivity index (χ3n) is 13.7. The van der Waals surface area contributed by atoms with Crippen molar-refractivity contribution in [2.45, 2.75) is 124 Å². The number of carbonyl (C=O) groups excluding carboxylic acids is 1. The molecule has 1 heterocycles. The molecule has 5 aliphatic rings. The first kappa shape index (κ1) is 32.7. The van der Waals surface area contributed by atoms with Crippen molar-refractivity contribution in [3.8, 4) is 0 Å². The van der Waals surface area contributed by atoms with Gasteiger partial charge in [-0.3, -0.25) is 9.69 Å². The van der Waals surface area contributed by atoms with Gasteiger partial charge >= 0.3 is 0 Å². The van der Waals surface area contributed by atoms with Crippen LogP contribution in [-0.4, -0.2) is 80.1 Å². The van der Waals surface area contributed by atoms with E-state index in [4.69, 9.17) is 5.73 Å². The number of hydrogen-bond acceptors (Lipinski definition) is 5. The Morgan fingerprint density at radius 3 is 2.29 bits per heavy atom. The summed E-state index contributed by atoms with van der Waals surface area (Å²) in [6.45, 7) is 21.2. The highest BCUT2D eigenvalue weighted by atomic mass is 16.1. The van der Waals surface area contributed by atoms with E-state index in [2.05, 4.69) is 55.1 Å². The average Bonchev–Trinajstić information content (AvgIpc) is 3.32. The van der Waals surface area contributed by atoms with E-state index in [1.54, 1.807) is 0 Å². The molecule has 0 aromatic rings. The van der Waals surface area contributed by atoms with Crippen LogP contribution in [0.4, 0.5) is 0 Å². The SMILES string of the molecule is CC(C)NC(=O)CC[C@@H](C)[C@H]1CCC2C3CCC4C[C@@H](NCCN5CCN(CCCN)CC5)CC[C@]4(C)C3CC[C@@]21C. The number of rotatable bonds is 12. The number of carbonyl (C=O) groups is 1. The number of nitrogens with one attached hydrogen (secondary N) is 2. The number of piperazine rings is 1. The van der Waals surface area contributed by atoms with Gasteiger partial charge in [0.25, 0.3) is 0 Å². The summed E-state index contributed by atoms with van der Waals surface area (Å²) in [4.78, 5) is 17.6. The monoisotopic (exact) mass is 586 g/mol. The Bertz CT molecular complexity index is 873. The molecule has 1 saturated heterocycles. The van der Waals surface area contributed by atoms with Crippen molar-refractivity contribution in [3.05, 3.63) is 0 Å². The molecule has 0 bridgehead atoms. The minimum atomic E-state index is 0.244. The lowest BCUT2D eigenvalue weighted by molar-refractivity contribution is -0.123. The van der Waals surface area contributed by atoms with Gasteiger partial charge in [0.1, 0.15) is 0 Å². The summed E-state index contributed by atoms with van der Waals surface area (Å²) in [6.07, 6.45) is 15.8. The second-order valence-corrected chi connectivity index (χ2v) is 16.4. The van der Waals surface area contributed by atoms with E-state index < -0.39 is 0 Å². The van der Waals surface area contributed by atoms with Crippen LogP contribution in [-0.2, 0) is 4.79 Å². The van der Waals surface area contributed by atoms with Crippen LogP contribution in [0.15, 0.2) is 0 Å². The Labute approximate surface area is 259 Å². The lowest BCUT2D eigenvalue weighted by Crippen LogP contribution is -2.55. The number of fused-ring (bicyclic) bond motifs is 5. The Balaban J connectivity index is 1.09. The molecule has 4 aliphatic carbocycles. The van der Waals surface area contributed by atoms with Gasteiger partial charge in [-0.15, -0.1) is 0 Å². The molecule has 5 rings (SSSR count). The predicted octanol–water partition coefficient (Wildman–Crippen LogP) is 5.51. The van der Waals surface area contributed by atoms with Gasteiger partial charge in [0.2, 0.25) is 5.91 Å². The summed E-state index contributed by atoms with van der Waals surface area (Å²) < 4.78 is 0. The Morgan fingerprint density at radius 2 is 1.57 bits per heavy atom. The zero-order valence-corrected chi connectivity index (χ0v) is 28.1. The van der Waals surface area contributed by atoms with Gasteiger partial charge in [0.15, 0.2) is 0 Å². The number of hydrogen-bond donors (Lipinski definition) is 3. The molecule has 0 spiro atoms. The van der Waals surface area contributed by atoms with Crippen molar-refractivity contribution < 1.29 is 4.79 Å². The van der Waals surface area contributed by atoms with Crippen LogP contribution in [0, 0.1) is 46.3 Å². The molecular formula is C36H67N5O. The number of nitrogens with zero attached hydrogens (tertiary/aromatic N) is 2. The third-order valence-corrected chi connectivity index (χ3v) is 13.7. The highest BCUT2D eigenvalue weighted by molar-refractivity contribution is 5.76. The quantitative estimate of drug-likeness (QED) is 0.282. The molecule has 4 N–H and O–H groups in total. The molecule has 4 unspecified atom stereocenters. The van der Waals surface area contributed by atoms with Gasteiger partial charge in [-0.2, -0.15) is 0 Å². The van der Waals surface area contributed by atoms with Crippen molar-refractivity contribution >= 4 is 5.91 Å². The molecular weight excluding hydrogens is 518 g/mol. The molecule has 4 saturated carbocycles. The van der Waals surface area contributed by atoms with Crippen molar-refractivity contribution in [1.29, 1.82) is 0 Å². The Hall–Kier alpha value is -0.690. The van der Waals surface area contributed by atoms with E-state index >= 15 is 0 Å². The molecule has 0 aromatic heterocycles. The predicted molar refractivity (Wildman–Crippen MR) is 175 cm³/mol. The summed E-state index contributed by atoms with van der Waals surface area (Å²) >= 11 is 0. The van der Waals surface area contributed by atoms with Gasteiger partial charge in [-0.1, -0.05) is 20.8 Å². The van der Waals surface area contributed by atoms with Crippen LogP contribution in [0.1, 0.15) is 112 Å². The summed E-state index contributed by atoms with van der Waals surface area (Å²) in [5.41, 5.74) is 6.75. The third kappa shape index (κ3) is 7.07. The van der Waals surface area contributed by atoms with E-state index in [0.717, 1.165) is 61.6 Å². The van der Waals surface area contributed by atoms with E-state index in [9.17, 15) is 4.79 Å². The first-order valence-corrected chi connectivity index (χ1v) is 18.3. The molecule has 5 fully saturated rings. The normalized spacial score (nSPS) is 39.9. The highest BCUT2D eigenvalue weighted by Gasteiger charge is 2.60. The van der Waals surface area contributed by atoms with Crippen molar-refractivity contribution in [3.63, 3.8) is 0 Å². The van der Waals surface area contributed by atoms with Crippen molar-refractivity contribution in [1.82, 2.24) is 20.4 Å². The number of amides is 1. The smallest absolute Gasteiger partial charge is 0.220 e. The van der Waals surface area contributed by atoms with Crippen LogP contribution >= 0.6 is 0 Å². The fraction of sp³-hybridized carbons (Fsp3) is 0.972. The van der Waals surface area contributed by atoms with E-state index in [0.29, 0.717) is 23.2 Å². The second kappa shape index (κ2) is 14.2. The zero-order chi connectivity index (χ0) is 29.9. The summed E-state index contributed by atoms with van der Waals surface area (Å²) in [6, 6.07) is 0.973. The first-order valence-electron chi connectivity index (χ1n) is 18.3. The van der Waals surface area contributed by atoms with Gasteiger partial charge in [-0.05, 0) is 144 Å². The van der Waals surface area contributed by atoms with Gasteiger partial charge in [0, 0.05) is 57.8 Å². The van der Waals surface area contributed by atoms with Crippen molar-refractivity contribution in [2.24, 2.45) is 52.1 Å². The maximum absolute atomic E-state index is 12.4. The van der Waals surface area contributed by atoms with Crippen LogP contribution < -0.4 is 16.4 Å². The van der Waals surface area contributed by atoms with Crippen LogP contribution in [0.5, 0.6) is 0 Å². The van der Waals surface area contributed by atoms with Crippen LogP contribution in [0.3, 0.4) is 0 Å². The molecule has 6 nitrogen and oxygen atoms in total. The van der Waals surface area contributed by atoms with E-state index in [-0.39, 0.29) is 11.9 Å². The molecule has 0 aromatic carbocycles. The minimum Gasteiger partial charge on any atom is -0.354 e. The Morgan fingerprint density at radius 1 is 0.881 bits per heavy atom. The maximum Gasteiger partial charge on any atom is 0.220 e. The van der Waals surface area contributed by atoms with Gasteiger partial charge in [-0.25, -0.2) is 0 Å². The molecule has 242 valence electrons. The molecule has 0 radical (unpaired) electrons. The molecule has 6 heteroatoms. The summed E-state index contributed by atoms with van der Waals surface area (Å²) in [7, 11) is 0. The summed E-state index contributed by atoms with van der Waals surface area (Å²) in [5.74, 6) is 5.41. The highest BCUT2D eigenvalue weighted by Crippen LogP contribution is 2.68. The lowest BCUT2D eigenvalue weighted by atomic mass is 9.44. The molecule has 42 heavy (non-hydrogen) atoms. The average molecular weight is 586 g/mol.